The Kier molecular flexibility index (Phi) is 2.66. The van der Waals surface area contributed by atoms with E-state index in [0.717, 1.165) is 17.2 Å². The average Bonchev–Trinajstić information content (AvgIpc) is 2.49. The quantitative estimate of drug-likeness (QED) is 0.739. The Balaban J connectivity index is 3.10. The molecule has 0 aromatic carbocycles. The van der Waals surface area contributed by atoms with E-state index in [-0.39, 0.29) is 11.3 Å². The summed E-state index contributed by atoms with van der Waals surface area (Å²) < 4.78 is 3.79. The highest BCUT2D eigenvalue weighted by Crippen LogP contribution is 2.25. The van der Waals surface area contributed by atoms with E-state index in [4.69, 9.17) is 0 Å². The SMILES string of the molecule is CNC(=O)c1snnc1C(C)(C)C. The average molecular weight is 199 g/mol. The summed E-state index contributed by atoms with van der Waals surface area (Å²) in [6, 6.07) is 0. The monoisotopic (exact) mass is 199 g/mol. The molecule has 0 fully saturated rings. The van der Waals surface area contributed by atoms with E-state index in [1.54, 1.807) is 7.05 Å². The molecule has 0 aliphatic carbocycles. The predicted molar refractivity (Wildman–Crippen MR) is 52.0 cm³/mol. The standard InChI is InChI=1S/C8H13N3OS/c1-8(2,3)6-5(7(12)9-4)13-11-10-6/h1-4H3,(H,9,12). The highest BCUT2D eigenvalue weighted by atomic mass is 32.1. The first kappa shape index (κ1) is 10.1. The molecule has 1 rings (SSSR count). The highest BCUT2D eigenvalue weighted by Gasteiger charge is 2.25. The fourth-order valence-corrected chi connectivity index (χ4v) is 1.77. The van der Waals surface area contributed by atoms with Crippen LogP contribution in [0.5, 0.6) is 0 Å². The summed E-state index contributed by atoms with van der Waals surface area (Å²) in [6.07, 6.45) is 0. The van der Waals surface area contributed by atoms with Crippen LogP contribution in [0.3, 0.4) is 0 Å². The second-order valence-corrected chi connectivity index (χ2v) is 4.53. The highest BCUT2D eigenvalue weighted by molar-refractivity contribution is 7.08. The minimum Gasteiger partial charge on any atom is -0.354 e. The molecule has 0 aliphatic rings. The van der Waals surface area contributed by atoms with Gasteiger partial charge in [-0.25, -0.2) is 0 Å². The van der Waals surface area contributed by atoms with Gasteiger partial charge in [-0.3, -0.25) is 4.79 Å². The summed E-state index contributed by atoms with van der Waals surface area (Å²) in [5.41, 5.74) is 0.631. The maximum absolute atomic E-state index is 11.4. The summed E-state index contributed by atoms with van der Waals surface area (Å²) in [5.74, 6) is -0.111. The van der Waals surface area contributed by atoms with Gasteiger partial charge in [0.05, 0.1) is 5.69 Å². The van der Waals surface area contributed by atoms with Crippen molar-refractivity contribution in [2.45, 2.75) is 26.2 Å². The van der Waals surface area contributed by atoms with Crippen molar-refractivity contribution in [1.82, 2.24) is 14.9 Å². The van der Waals surface area contributed by atoms with Gasteiger partial charge in [-0.2, -0.15) is 0 Å². The molecule has 0 radical (unpaired) electrons. The Hall–Kier alpha value is -0.970. The van der Waals surface area contributed by atoms with Crippen LogP contribution in [-0.2, 0) is 5.41 Å². The third-order valence-electron chi connectivity index (χ3n) is 1.63. The van der Waals surface area contributed by atoms with Crippen LogP contribution in [0.25, 0.3) is 0 Å². The van der Waals surface area contributed by atoms with Crippen molar-refractivity contribution in [2.75, 3.05) is 7.05 Å². The van der Waals surface area contributed by atoms with Crippen molar-refractivity contribution in [1.29, 1.82) is 0 Å². The van der Waals surface area contributed by atoms with Crippen LogP contribution in [0, 0.1) is 0 Å². The van der Waals surface area contributed by atoms with Gasteiger partial charge in [0.25, 0.3) is 5.91 Å². The minimum absolute atomic E-state index is 0.111. The molecule has 5 heteroatoms. The topological polar surface area (TPSA) is 54.9 Å². The van der Waals surface area contributed by atoms with Crippen molar-refractivity contribution >= 4 is 17.4 Å². The zero-order chi connectivity index (χ0) is 10.1. The molecule has 4 nitrogen and oxygen atoms in total. The largest absolute Gasteiger partial charge is 0.354 e. The molecule has 0 saturated carbocycles. The lowest BCUT2D eigenvalue weighted by atomic mass is 9.91. The Labute approximate surface area is 81.5 Å². The van der Waals surface area contributed by atoms with Crippen molar-refractivity contribution in [3.63, 3.8) is 0 Å². The van der Waals surface area contributed by atoms with Gasteiger partial charge in [0.15, 0.2) is 0 Å². The molecule has 1 amide bonds. The molecule has 1 N–H and O–H groups in total. The lowest BCUT2D eigenvalue weighted by Gasteiger charge is -2.15. The van der Waals surface area contributed by atoms with E-state index in [2.05, 4.69) is 14.9 Å². The number of nitrogens with zero attached hydrogens (tertiary/aromatic N) is 2. The molecule has 72 valence electrons. The molecule has 1 aromatic rings. The van der Waals surface area contributed by atoms with Crippen molar-refractivity contribution in [3.8, 4) is 0 Å². The van der Waals surface area contributed by atoms with Crippen molar-refractivity contribution in [2.24, 2.45) is 0 Å². The molecular weight excluding hydrogens is 186 g/mol. The maximum atomic E-state index is 11.4. The normalized spacial score (nSPS) is 11.4. The van der Waals surface area contributed by atoms with Crippen LogP contribution in [0.4, 0.5) is 0 Å². The summed E-state index contributed by atoms with van der Waals surface area (Å²) in [6.45, 7) is 6.03. The number of aromatic nitrogens is 2. The Bertz CT molecular complexity index is 313. The summed E-state index contributed by atoms with van der Waals surface area (Å²) in [4.78, 5) is 12.0. The molecule has 0 aliphatic heterocycles. The van der Waals surface area contributed by atoms with Gasteiger partial charge in [0, 0.05) is 12.5 Å². The van der Waals surface area contributed by atoms with Crippen LogP contribution < -0.4 is 5.32 Å². The van der Waals surface area contributed by atoms with E-state index in [1.165, 1.54) is 0 Å². The first-order valence-corrected chi connectivity index (χ1v) is 4.79. The van der Waals surface area contributed by atoms with Gasteiger partial charge in [-0.15, -0.1) is 5.10 Å². The number of nitrogens with one attached hydrogen (secondary N) is 1. The summed E-state index contributed by atoms with van der Waals surface area (Å²) in [5, 5.41) is 6.54. The molecule has 1 heterocycles. The van der Waals surface area contributed by atoms with Gasteiger partial charge in [0.2, 0.25) is 0 Å². The van der Waals surface area contributed by atoms with Crippen molar-refractivity contribution < 1.29 is 4.79 Å². The predicted octanol–water partition coefficient (Wildman–Crippen LogP) is 1.20. The first-order chi connectivity index (χ1) is 5.96. The number of carbonyl (C=O) groups excluding carboxylic acids is 1. The van der Waals surface area contributed by atoms with E-state index < -0.39 is 0 Å². The van der Waals surface area contributed by atoms with Crippen LogP contribution in [0.2, 0.25) is 0 Å². The Morgan fingerprint density at radius 3 is 2.54 bits per heavy atom. The van der Waals surface area contributed by atoms with Crippen LogP contribution in [0.15, 0.2) is 0 Å². The number of amides is 1. The molecule has 1 aromatic heterocycles. The Morgan fingerprint density at radius 1 is 1.46 bits per heavy atom. The zero-order valence-corrected chi connectivity index (χ0v) is 9.03. The first-order valence-electron chi connectivity index (χ1n) is 4.01. The maximum Gasteiger partial charge on any atom is 0.264 e. The number of rotatable bonds is 1. The third kappa shape index (κ3) is 2.03. The van der Waals surface area contributed by atoms with Gasteiger partial charge in [-0.1, -0.05) is 25.3 Å². The second kappa shape index (κ2) is 3.41. The lowest BCUT2D eigenvalue weighted by Crippen LogP contribution is -2.22. The number of carbonyl (C=O) groups is 1. The molecule has 0 bridgehead atoms. The molecule has 13 heavy (non-hydrogen) atoms. The lowest BCUT2D eigenvalue weighted by molar-refractivity contribution is 0.0964. The van der Waals surface area contributed by atoms with Crippen molar-refractivity contribution in [3.05, 3.63) is 10.6 Å². The molecule has 0 unspecified atom stereocenters. The molecule has 0 saturated heterocycles. The minimum atomic E-state index is -0.130. The van der Waals surface area contributed by atoms with Crippen LogP contribution in [0.1, 0.15) is 36.1 Å². The van der Waals surface area contributed by atoms with Crippen LogP contribution >= 0.6 is 11.5 Å². The summed E-state index contributed by atoms with van der Waals surface area (Å²) >= 11 is 1.14. The van der Waals surface area contributed by atoms with E-state index >= 15 is 0 Å². The van der Waals surface area contributed by atoms with E-state index in [1.807, 2.05) is 20.8 Å². The van der Waals surface area contributed by atoms with Gasteiger partial charge in [0.1, 0.15) is 4.88 Å². The second-order valence-electron chi connectivity index (χ2n) is 3.78. The number of hydrogen-bond donors (Lipinski definition) is 1. The summed E-state index contributed by atoms with van der Waals surface area (Å²) in [7, 11) is 1.61. The molecule has 0 atom stereocenters. The molecular formula is C8H13N3OS. The fraction of sp³-hybridized carbons (Fsp3) is 0.625. The van der Waals surface area contributed by atoms with E-state index in [9.17, 15) is 4.79 Å². The third-order valence-corrected chi connectivity index (χ3v) is 2.36. The van der Waals surface area contributed by atoms with E-state index in [0.29, 0.717) is 4.88 Å². The number of hydrogen-bond acceptors (Lipinski definition) is 4. The fourth-order valence-electron chi connectivity index (χ4n) is 0.944. The smallest absolute Gasteiger partial charge is 0.264 e. The zero-order valence-electron chi connectivity index (χ0n) is 8.21. The van der Waals surface area contributed by atoms with Gasteiger partial charge >= 0.3 is 0 Å². The van der Waals surface area contributed by atoms with Gasteiger partial charge in [-0.05, 0) is 11.5 Å². The van der Waals surface area contributed by atoms with Crippen LogP contribution in [-0.4, -0.2) is 22.5 Å². The molecule has 0 spiro atoms. The van der Waals surface area contributed by atoms with Gasteiger partial charge < -0.3 is 5.32 Å². The Morgan fingerprint density at radius 2 is 2.08 bits per heavy atom.